The first-order chi connectivity index (χ1) is 13.1. The smallest absolute Gasteiger partial charge is 0.235 e. The Balaban J connectivity index is 1.35. The molecule has 5 rings (SSSR count). The normalized spacial score (nSPS) is 18.9. The van der Waals surface area contributed by atoms with Crippen LogP contribution in [0.1, 0.15) is 36.6 Å². The number of sulfonamides is 1. The van der Waals surface area contributed by atoms with Crippen LogP contribution in [0.15, 0.2) is 36.4 Å². The number of benzene rings is 1. The Kier molecular flexibility index (Phi) is 3.78. The molecule has 0 radical (unpaired) electrons. The van der Waals surface area contributed by atoms with E-state index in [4.69, 9.17) is 0 Å². The first-order valence-corrected chi connectivity index (χ1v) is 10.8. The quantitative estimate of drug-likeness (QED) is 0.725. The van der Waals surface area contributed by atoms with E-state index >= 15 is 0 Å². The third-order valence-corrected chi connectivity index (χ3v) is 6.87. The first kappa shape index (κ1) is 16.5. The van der Waals surface area contributed by atoms with Gasteiger partial charge in [0.05, 0.1) is 11.4 Å². The molecule has 0 amide bonds. The SMILES string of the molecule is O=S1(=O)CCCN1c1cccc(CNc2ccc3nnc(C4CC4)n3n2)c1. The van der Waals surface area contributed by atoms with Crippen LogP contribution in [0.3, 0.4) is 0 Å². The molecule has 0 bridgehead atoms. The van der Waals surface area contributed by atoms with Gasteiger partial charge in [-0.2, -0.15) is 4.52 Å². The molecule has 1 saturated carbocycles. The molecule has 27 heavy (non-hydrogen) atoms. The minimum Gasteiger partial charge on any atom is -0.365 e. The summed E-state index contributed by atoms with van der Waals surface area (Å²) in [5.74, 6) is 2.36. The summed E-state index contributed by atoms with van der Waals surface area (Å²) < 4.78 is 27.6. The van der Waals surface area contributed by atoms with Crippen molar-refractivity contribution >= 4 is 27.2 Å². The summed E-state index contributed by atoms with van der Waals surface area (Å²) in [7, 11) is -3.17. The minimum absolute atomic E-state index is 0.224. The summed E-state index contributed by atoms with van der Waals surface area (Å²) in [6, 6.07) is 11.4. The average Bonchev–Trinajstić information content (AvgIpc) is 3.32. The van der Waals surface area contributed by atoms with Crippen molar-refractivity contribution in [1.82, 2.24) is 19.8 Å². The lowest BCUT2D eigenvalue weighted by molar-refractivity contribution is 0.599. The molecule has 3 aromatic rings. The predicted octanol–water partition coefficient (Wildman–Crippen LogP) is 2.15. The van der Waals surface area contributed by atoms with Crippen LogP contribution in [-0.4, -0.2) is 40.5 Å². The number of hydrogen-bond acceptors (Lipinski definition) is 6. The van der Waals surface area contributed by atoms with Gasteiger partial charge in [0.1, 0.15) is 5.82 Å². The number of aromatic nitrogens is 4. The molecule has 140 valence electrons. The molecule has 2 aliphatic rings. The maximum atomic E-state index is 12.1. The Morgan fingerprint density at radius 1 is 1.15 bits per heavy atom. The molecule has 1 N–H and O–H groups in total. The van der Waals surface area contributed by atoms with Gasteiger partial charge in [0.15, 0.2) is 11.5 Å². The van der Waals surface area contributed by atoms with E-state index in [2.05, 4.69) is 20.6 Å². The second kappa shape index (κ2) is 6.19. The van der Waals surface area contributed by atoms with Gasteiger partial charge in [-0.25, -0.2) is 8.42 Å². The summed E-state index contributed by atoms with van der Waals surface area (Å²) >= 11 is 0. The Morgan fingerprint density at radius 3 is 2.81 bits per heavy atom. The van der Waals surface area contributed by atoms with Gasteiger partial charge in [0.25, 0.3) is 0 Å². The Morgan fingerprint density at radius 2 is 2.04 bits per heavy atom. The average molecular weight is 384 g/mol. The number of hydrogen-bond donors (Lipinski definition) is 1. The molecule has 1 aliphatic heterocycles. The van der Waals surface area contributed by atoms with Crippen molar-refractivity contribution in [3.05, 3.63) is 47.8 Å². The van der Waals surface area contributed by atoms with Crippen LogP contribution < -0.4 is 9.62 Å². The molecule has 1 aliphatic carbocycles. The van der Waals surface area contributed by atoms with Crippen molar-refractivity contribution in [2.45, 2.75) is 31.7 Å². The summed E-state index contributed by atoms with van der Waals surface area (Å²) in [6.07, 6.45) is 2.97. The molecule has 0 spiro atoms. The highest BCUT2D eigenvalue weighted by Gasteiger charge is 2.29. The maximum absolute atomic E-state index is 12.1. The van der Waals surface area contributed by atoms with Crippen LogP contribution in [0.4, 0.5) is 11.5 Å². The Labute approximate surface area is 157 Å². The van der Waals surface area contributed by atoms with Crippen molar-refractivity contribution in [3.8, 4) is 0 Å². The van der Waals surface area contributed by atoms with Crippen molar-refractivity contribution in [2.75, 3.05) is 21.9 Å². The van der Waals surface area contributed by atoms with Crippen LogP contribution in [0.2, 0.25) is 0 Å². The predicted molar refractivity (Wildman–Crippen MR) is 102 cm³/mol. The van der Waals surface area contributed by atoms with Gasteiger partial charge in [-0.1, -0.05) is 12.1 Å². The highest BCUT2D eigenvalue weighted by Crippen LogP contribution is 2.38. The molecule has 8 nitrogen and oxygen atoms in total. The molecule has 1 aromatic carbocycles. The van der Waals surface area contributed by atoms with E-state index in [1.165, 1.54) is 4.31 Å². The zero-order valence-electron chi connectivity index (χ0n) is 14.7. The molecule has 3 heterocycles. The fourth-order valence-electron chi connectivity index (χ4n) is 3.44. The maximum Gasteiger partial charge on any atom is 0.235 e. The van der Waals surface area contributed by atoms with Gasteiger partial charge < -0.3 is 5.32 Å². The van der Waals surface area contributed by atoms with E-state index in [1.54, 1.807) is 0 Å². The first-order valence-electron chi connectivity index (χ1n) is 9.16. The Hall–Kier alpha value is -2.68. The highest BCUT2D eigenvalue weighted by molar-refractivity contribution is 7.93. The van der Waals surface area contributed by atoms with Crippen LogP contribution in [-0.2, 0) is 16.6 Å². The Bertz CT molecular complexity index is 1110. The molecule has 0 unspecified atom stereocenters. The molecule has 0 atom stereocenters. The van der Waals surface area contributed by atoms with Gasteiger partial charge in [-0.05, 0) is 49.1 Å². The standard InChI is InChI=1S/C18H20N6O2S/c25-27(26)10-2-9-23(27)15-4-1-3-13(11-15)12-19-16-7-8-17-20-21-18(14-5-6-14)24(17)22-16/h1,3-4,7-8,11,14H,2,5-6,9-10,12H2,(H,19,22). The van der Waals surface area contributed by atoms with Gasteiger partial charge in [0.2, 0.25) is 10.0 Å². The second-order valence-electron chi connectivity index (χ2n) is 7.09. The van der Waals surface area contributed by atoms with Crippen LogP contribution in [0.5, 0.6) is 0 Å². The van der Waals surface area contributed by atoms with Gasteiger partial charge >= 0.3 is 0 Å². The van der Waals surface area contributed by atoms with Crippen molar-refractivity contribution in [1.29, 1.82) is 0 Å². The summed E-state index contributed by atoms with van der Waals surface area (Å²) in [5, 5.41) is 16.3. The highest BCUT2D eigenvalue weighted by atomic mass is 32.2. The topological polar surface area (TPSA) is 92.5 Å². The molecule has 2 aromatic heterocycles. The molecular formula is C18H20N6O2S. The summed E-state index contributed by atoms with van der Waals surface area (Å²) in [4.78, 5) is 0. The van der Waals surface area contributed by atoms with E-state index in [9.17, 15) is 8.42 Å². The third kappa shape index (κ3) is 3.12. The lowest BCUT2D eigenvalue weighted by atomic mass is 10.2. The zero-order valence-corrected chi connectivity index (χ0v) is 15.6. The van der Waals surface area contributed by atoms with E-state index in [0.717, 1.165) is 41.4 Å². The van der Waals surface area contributed by atoms with Gasteiger partial charge in [-0.3, -0.25) is 4.31 Å². The minimum atomic E-state index is -3.17. The fraction of sp³-hybridized carbons (Fsp3) is 0.389. The second-order valence-corrected chi connectivity index (χ2v) is 9.10. The monoisotopic (exact) mass is 384 g/mol. The molecular weight excluding hydrogens is 364 g/mol. The number of nitrogens with one attached hydrogen (secondary N) is 1. The number of nitrogens with zero attached hydrogens (tertiary/aromatic N) is 5. The number of fused-ring (bicyclic) bond motifs is 1. The van der Waals surface area contributed by atoms with E-state index in [0.29, 0.717) is 25.4 Å². The lowest BCUT2D eigenvalue weighted by Crippen LogP contribution is -2.25. The van der Waals surface area contributed by atoms with Crippen LogP contribution >= 0.6 is 0 Å². The van der Waals surface area contributed by atoms with Crippen LogP contribution in [0, 0.1) is 0 Å². The lowest BCUT2D eigenvalue weighted by Gasteiger charge is -2.17. The molecule has 2 fully saturated rings. The molecule has 9 heteroatoms. The van der Waals surface area contributed by atoms with Crippen molar-refractivity contribution in [2.24, 2.45) is 0 Å². The van der Waals surface area contributed by atoms with Crippen molar-refractivity contribution < 1.29 is 8.42 Å². The summed E-state index contributed by atoms with van der Waals surface area (Å²) in [6.45, 7) is 1.11. The van der Waals surface area contributed by atoms with Gasteiger partial charge in [-0.15, -0.1) is 15.3 Å². The third-order valence-electron chi connectivity index (χ3n) is 5.00. The van der Waals surface area contributed by atoms with E-state index in [-0.39, 0.29) is 5.75 Å². The van der Waals surface area contributed by atoms with E-state index < -0.39 is 10.0 Å². The van der Waals surface area contributed by atoms with Crippen molar-refractivity contribution in [3.63, 3.8) is 0 Å². The van der Waals surface area contributed by atoms with Gasteiger partial charge in [0, 0.05) is 19.0 Å². The van der Waals surface area contributed by atoms with Crippen LogP contribution in [0.25, 0.3) is 5.65 Å². The number of rotatable bonds is 5. The largest absolute Gasteiger partial charge is 0.365 e. The number of anilines is 2. The molecule has 1 saturated heterocycles. The fourth-order valence-corrected chi connectivity index (χ4v) is 5.00. The summed E-state index contributed by atoms with van der Waals surface area (Å²) in [5.41, 5.74) is 2.48. The van der Waals surface area contributed by atoms with E-state index in [1.807, 2.05) is 40.9 Å². The zero-order chi connectivity index (χ0) is 18.4.